The van der Waals surface area contributed by atoms with E-state index in [0.717, 1.165) is 34.3 Å². The van der Waals surface area contributed by atoms with Crippen LogP contribution in [-0.4, -0.2) is 16.8 Å². The van der Waals surface area contributed by atoms with E-state index in [-0.39, 0.29) is 6.79 Å². The Morgan fingerprint density at radius 3 is 2.80 bits per heavy atom. The number of benzene rings is 1. The zero-order valence-corrected chi connectivity index (χ0v) is 13.8. The second-order valence-electron chi connectivity index (χ2n) is 5.69. The van der Waals surface area contributed by atoms with Crippen molar-refractivity contribution in [1.82, 2.24) is 9.97 Å². The van der Waals surface area contributed by atoms with Crippen LogP contribution in [0.15, 0.2) is 47.1 Å². The van der Waals surface area contributed by atoms with Crippen LogP contribution >= 0.6 is 0 Å². The number of nitrogens with one attached hydrogen (secondary N) is 2. The van der Waals surface area contributed by atoms with E-state index in [1.807, 2.05) is 43.3 Å². The lowest BCUT2D eigenvalue weighted by Gasteiger charge is -2.10. The molecule has 128 valence electrons. The molecule has 0 fully saturated rings. The van der Waals surface area contributed by atoms with Gasteiger partial charge < -0.3 is 24.5 Å². The number of fused-ring (bicyclic) bond motifs is 1. The molecule has 7 heteroatoms. The van der Waals surface area contributed by atoms with Crippen LogP contribution in [0.25, 0.3) is 0 Å². The van der Waals surface area contributed by atoms with Crippen molar-refractivity contribution >= 4 is 11.8 Å². The Morgan fingerprint density at radius 2 is 1.92 bits per heavy atom. The van der Waals surface area contributed by atoms with E-state index >= 15 is 0 Å². The topological polar surface area (TPSA) is 81.4 Å². The Bertz CT molecular complexity index is 865. The molecule has 7 nitrogen and oxygen atoms in total. The molecule has 3 heterocycles. The van der Waals surface area contributed by atoms with Crippen molar-refractivity contribution in [1.29, 1.82) is 0 Å². The van der Waals surface area contributed by atoms with Crippen molar-refractivity contribution in [2.24, 2.45) is 0 Å². The minimum Gasteiger partial charge on any atom is -0.467 e. The minimum atomic E-state index is 0.280. The van der Waals surface area contributed by atoms with Crippen molar-refractivity contribution in [3.63, 3.8) is 0 Å². The summed E-state index contributed by atoms with van der Waals surface area (Å²) in [6, 6.07) is 11.6. The molecular formula is C18H18N4O3. The van der Waals surface area contributed by atoms with Gasteiger partial charge in [-0.05, 0) is 36.8 Å². The Hall–Kier alpha value is -3.22. The molecule has 4 rings (SSSR count). The predicted octanol–water partition coefficient (Wildman–Crippen LogP) is 3.33. The molecular weight excluding hydrogens is 320 g/mol. The maximum absolute atomic E-state index is 5.40. The molecule has 0 unspecified atom stereocenters. The fourth-order valence-electron chi connectivity index (χ4n) is 2.56. The molecule has 0 radical (unpaired) electrons. The smallest absolute Gasteiger partial charge is 0.231 e. The van der Waals surface area contributed by atoms with Crippen molar-refractivity contribution in [3.05, 3.63) is 59.7 Å². The lowest BCUT2D eigenvalue weighted by molar-refractivity contribution is 0.174. The average molecular weight is 338 g/mol. The number of hydrogen-bond acceptors (Lipinski definition) is 7. The van der Waals surface area contributed by atoms with Gasteiger partial charge in [-0.15, -0.1) is 0 Å². The first kappa shape index (κ1) is 15.3. The number of furan rings is 1. The van der Waals surface area contributed by atoms with Gasteiger partial charge in [0.1, 0.15) is 11.6 Å². The second kappa shape index (κ2) is 6.72. The first-order chi connectivity index (χ1) is 12.3. The van der Waals surface area contributed by atoms with Gasteiger partial charge in [0.15, 0.2) is 11.5 Å². The summed E-state index contributed by atoms with van der Waals surface area (Å²) in [4.78, 5) is 8.88. The number of anilines is 2. The summed E-state index contributed by atoms with van der Waals surface area (Å²) in [5.74, 6) is 3.71. The van der Waals surface area contributed by atoms with Crippen molar-refractivity contribution in [2.45, 2.75) is 20.0 Å². The van der Waals surface area contributed by atoms with E-state index < -0.39 is 0 Å². The average Bonchev–Trinajstić information content (AvgIpc) is 3.28. The summed E-state index contributed by atoms with van der Waals surface area (Å²) in [7, 11) is 0. The second-order valence-corrected chi connectivity index (χ2v) is 5.69. The standard InChI is InChI=1S/C18H18N4O3/c1-12-7-17(22-18(21-12)20-10-14-3-2-6-23-14)19-9-13-4-5-15-16(8-13)25-11-24-15/h2-8H,9-11H2,1H3,(H2,19,20,21,22). The molecule has 25 heavy (non-hydrogen) atoms. The van der Waals surface area contributed by atoms with Gasteiger partial charge in [0.05, 0.1) is 12.8 Å². The Kier molecular flexibility index (Phi) is 4.12. The van der Waals surface area contributed by atoms with Crippen LogP contribution in [0, 0.1) is 6.92 Å². The molecule has 1 aromatic carbocycles. The van der Waals surface area contributed by atoms with E-state index in [9.17, 15) is 0 Å². The van der Waals surface area contributed by atoms with Gasteiger partial charge in [0.25, 0.3) is 0 Å². The molecule has 0 saturated carbocycles. The van der Waals surface area contributed by atoms with Crippen LogP contribution in [0.4, 0.5) is 11.8 Å². The maximum Gasteiger partial charge on any atom is 0.231 e. The van der Waals surface area contributed by atoms with Crippen molar-refractivity contribution in [2.75, 3.05) is 17.4 Å². The third-order valence-electron chi connectivity index (χ3n) is 3.77. The quantitative estimate of drug-likeness (QED) is 0.713. The van der Waals surface area contributed by atoms with Gasteiger partial charge in [-0.1, -0.05) is 6.07 Å². The SMILES string of the molecule is Cc1cc(NCc2ccc3c(c2)OCO3)nc(NCc2ccco2)n1. The van der Waals surface area contributed by atoms with Crippen LogP contribution in [0.2, 0.25) is 0 Å². The van der Waals surface area contributed by atoms with Crippen molar-refractivity contribution in [3.8, 4) is 11.5 Å². The summed E-state index contributed by atoms with van der Waals surface area (Å²) < 4.78 is 16.0. The molecule has 2 N–H and O–H groups in total. The van der Waals surface area contributed by atoms with Gasteiger partial charge in [-0.2, -0.15) is 4.98 Å². The third-order valence-corrected chi connectivity index (χ3v) is 3.77. The van der Waals surface area contributed by atoms with E-state index in [1.54, 1.807) is 6.26 Å². The number of hydrogen-bond donors (Lipinski definition) is 2. The highest BCUT2D eigenvalue weighted by Gasteiger charge is 2.13. The fraction of sp³-hybridized carbons (Fsp3) is 0.222. The zero-order valence-electron chi connectivity index (χ0n) is 13.8. The van der Waals surface area contributed by atoms with Gasteiger partial charge in [-0.25, -0.2) is 4.98 Å². The Labute approximate surface area is 145 Å². The van der Waals surface area contributed by atoms with Crippen LogP contribution < -0.4 is 20.1 Å². The van der Waals surface area contributed by atoms with E-state index in [0.29, 0.717) is 19.0 Å². The molecule has 0 bridgehead atoms. The lowest BCUT2D eigenvalue weighted by Crippen LogP contribution is -2.07. The van der Waals surface area contributed by atoms with Gasteiger partial charge in [0, 0.05) is 18.3 Å². The summed E-state index contributed by atoms with van der Waals surface area (Å²) in [6.07, 6.45) is 1.65. The molecule has 0 atom stereocenters. The summed E-state index contributed by atoms with van der Waals surface area (Å²) in [6.45, 7) is 3.39. The number of aromatic nitrogens is 2. The van der Waals surface area contributed by atoms with Crippen molar-refractivity contribution < 1.29 is 13.9 Å². The molecule has 1 aliphatic rings. The number of ether oxygens (including phenoxy) is 2. The first-order valence-corrected chi connectivity index (χ1v) is 8.00. The summed E-state index contributed by atoms with van der Waals surface area (Å²) in [5.41, 5.74) is 1.97. The highest BCUT2D eigenvalue weighted by molar-refractivity contribution is 5.47. The van der Waals surface area contributed by atoms with Crippen LogP contribution in [0.5, 0.6) is 11.5 Å². The van der Waals surface area contributed by atoms with Gasteiger partial charge >= 0.3 is 0 Å². The van der Waals surface area contributed by atoms with Crippen LogP contribution in [0.3, 0.4) is 0 Å². The molecule has 0 spiro atoms. The van der Waals surface area contributed by atoms with Crippen LogP contribution in [-0.2, 0) is 13.1 Å². The predicted molar refractivity (Wildman–Crippen MR) is 92.7 cm³/mol. The highest BCUT2D eigenvalue weighted by Crippen LogP contribution is 2.32. The molecule has 0 aliphatic carbocycles. The van der Waals surface area contributed by atoms with Gasteiger partial charge in [-0.3, -0.25) is 0 Å². The number of aryl methyl sites for hydroxylation is 1. The minimum absolute atomic E-state index is 0.280. The van der Waals surface area contributed by atoms with E-state index in [4.69, 9.17) is 13.9 Å². The molecule has 3 aromatic rings. The fourth-order valence-corrected chi connectivity index (χ4v) is 2.56. The molecule has 0 amide bonds. The Morgan fingerprint density at radius 1 is 1.00 bits per heavy atom. The molecule has 1 aliphatic heterocycles. The highest BCUT2D eigenvalue weighted by atomic mass is 16.7. The largest absolute Gasteiger partial charge is 0.467 e. The van der Waals surface area contributed by atoms with E-state index in [2.05, 4.69) is 20.6 Å². The van der Waals surface area contributed by atoms with Crippen LogP contribution in [0.1, 0.15) is 17.0 Å². The zero-order chi connectivity index (χ0) is 17.1. The Balaban J connectivity index is 1.41. The van der Waals surface area contributed by atoms with E-state index in [1.165, 1.54) is 0 Å². The lowest BCUT2D eigenvalue weighted by atomic mass is 10.2. The first-order valence-electron chi connectivity index (χ1n) is 8.00. The molecule has 2 aromatic heterocycles. The maximum atomic E-state index is 5.40. The number of nitrogens with zero attached hydrogens (tertiary/aromatic N) is 2. The third kappa shape index (κ3) is 3.65. The number of rotatable bonds is 6. The molecule has 0 saturated heterocycles. The van der Waals surface area contributed by atoms with Gasteiger partial charge in [0.2, 0.25) is 12.7 Å². The summed E-state index contributed by atoms with van der Waals surface area (Å²) >= 11 is 0. The normalized spacial score (nSPS) is 12.2. The monoisotopic (exact) mass is 338 g/mol. The summed E-state index contributed by atoms with van der Waals surface area (Å²) in [5, 5.41) is 6.48.